The third kappa shape index (κ3) is 1.73. The molecular formula is C9H11BO5. The van der Waals surface area contributed by atoms with Gasteiger partial charge in [-0.05, 0) is 6.07 Å². The second-order valence-electron chi connectivity index (χ2n) is 3.09. The van der Waals surface area contributed by atoms with Crippen LogP contribution in [0.4, 0.5) is 0 Å². The van der Waals surface area contributed by atoms with E-state index >= 15 is 0 Å². The van der Waals surface area contributed by atoms with Crippen LogP contribution in [-0.4, -0.2) is 37.5 Å². The highest BCUT2D eigenvalue weighted by Gasteiger charge is 2.26. The van der Waals surface area contributed by atoms with E-state index in [1.807, 2.05) is 0 Å². The van der Waals surface area contributed by atoms with Crippen molar-refractivity contribution >= 4 is 12.6 Å². The first-order chi connectivity index (χ1) is 7.24. The number of hydrogen-bond donors (Lipinski definition) is 2. The Kier molecular flexibility index (Phi) is 2.70. The Hall–Kier alpha value is -1.40. The molecule has 0 fully saturated rings. The minimum absolute atomic E-state index is 0.283. The van der Waals surface area contributed by atoms with Crippen molar-refractivity contribution in [2.45, 2.75) is 0 Å². The summed E-state index contributed by atoms with van der Waals surface area (Å²) in [5.74, 6) is 1.29. The normalized spacial score (nSPS) is 13.5. The van der Waals surface area contributed by atoms with Gasteiger partial charge in [-0.2, -0.15) is 0 Å². The molecule has 0 aliphatic carbocycles. The Morgan fingerprint density at radius 1 is 1.20 bits per heavy atom. The summed E-state index contributed by atoms with van der Waals surface area (Å²) in [5, 5.41) is 18.2. The Morgan fingerprint density at radius 2 is 1.87 bits per heavy atom. The van der Waals surface area contributed by atoms with Crippen LogP contribution in [0, 0.1) is 0 Å². The average molecular weight is 210 g/mol. The smallest absolute Gasteiger partial charge is 0.492 e. The van der Waals surface area contributed by atoms with Crippen molar-refractivity contribution in [2.24, 2.45) is 0 Å². The molecule has 0 saturated carbocycles. The maximum atomic E-state index is 9.12. The molecule has 1 aliphatic heterocycles. The van der Waals surface area contributed by atoms with E-state index in [0.717, 1.165) is 0 Å². The topological polar surface area (TPSA) is 68.2 Å². The first-order valence-electron chi connectivity index (χ1n) is 4.56. The van der Waals surface area contributed by atoms with Gasteiger partial charge in [0, 0.05) is 5.46 Å². The predicted octanol–water partition coefficient (Wildman–Crippen LogP) is -0.854. The highest BCUT2D eigenvalue weighted by Crippen LogP contribution is 2.37. The summed E-state index contributed by atoms with van der Waals surface area (Å²) in [6.45, 7) is 0.814. The summed E-state index contributed by atoms with van der Waals surface area (Å²) < 4.78 is 15.8. The first kappa shape index (κ1) is 10.1. The monoisotopic (exact) mass is 210 g/mol. The van der Waals surface area contributed by atoms with Gasteiger partial charge in [0.2, 0.25) is 5.75 Å². The standard InChI is InChI=1S/C9H11BO5/c1-13-7-3-2-6(10(11)12)8-9(7)15-5-4-14-8/h2-3,11-12H,4-5H2,1H3. The van der Waals surface area contributed by atoms with Crippen LogP contribution in [0.1, 0.15) is 0 Å². The molecule has 0 atom stereocenters. The summed E-state index contributed by atoms with van der Waals surface area (Å²) in [7, 11) is -0.0610. The average Bonchev–Trinajstić information content (AvgIpc) is 2.27. The third-order valence-corrected chi connectivity index (χ3v) is 2.18. The molecular weight excluding hydrogens is 199 g/mol. The lowest BCUT2D eigenvalue weighted by atomic mass is 9.79. The molecule has 5 nitrogen and oxygen atoms in total. The largest absolute Gasteiger partial charge is 0.493 e. The van der Waals surface area contributed by atoms with E-state index in [9.17, 15) is 0 Å². The zero-order valence-corrected chi connectivity index (χ0v) is 8.27. The lowest BCUT2D eigenvalue weighted by Gasteiger charge is -2.22. The van der Waals surface area contributed by atoms with Crippen LogP contribution in [0.5, 0.6) is 17.2 Å². The van der Waals surface area contributed by atoms with Crippen LogP contribution in [0.2, 0.25) is 0 Å². The van der Waals surface area contributed by atoms with Crippen molar-refractivity contribution in [3.05, 3.63) is 12.1 Å². The molecule has 0 radical (unpaired) electrons. The molecule has 2 N–H and O–H groups in total. The number of ether oxygens (including phenoxy) is 3. The minimum Gasteiger partial charge on any atom is -0.493 e. The van der Waals surface area contributed by atoms with Crippen LogP contribution in [-0.2, 0) is 0 Å². The van der Waals surface area contributed by atoms with Crippen LogP contribution >= 0.6 is 0 Å². The molecule has 1 heterocycles. The molecule has 1 aromatic rings. The second kappa shape index (κ2) is 4.00. The quantitative estimate of drug-likeness (QED) is 0.622. The van der Waals surface area contributed by atoms with Gasteiger partial charge in [0.1, 0.15) is 13.2 Å². The molecule has 0 bridgehead atoms. The van der Waals surface area contributed by atoms with E-state index in [1.165, 1.54) is 13.2 Å². The van der Waals surface area contributed by atoms with E-state index < -0.39 is 7.12 Å². The maximum Gasteiger partial charge on any atom is 0.492 e. The fourth-order valence-electron chi connectivity index (χ4n) is 1.50. The van der Waals surface area contributed by atoms with Gasteiger partial charge in [-0.25, -0.2) is 0 Å². The highest BCUT2D eigenvalue weighted by atomic mass is 16.6. The van der Waals surface area contributed by atoms with Crippen LogP contribution in [0.15, 0.2) is 12.1 Å². The first-order valence-corrected chi connectivity index (χ1v) is 4.56. The van der Waals surface area contributed by atoms with Gasteiger partial charge in [0.05, 0.1) is 7.11 Å². The molecule has 15 heavy (non-hydrogen) atoms. The predicted molar refractivity (Wildman–Crippen MR) is 53.8 cm³/mol. The van der Waals surface area contributed by atoms with Crippen molar-refractivity contribution in [2.75, 3.05) is 20.3 Å². The Bertz CT molecular complexity index is 366. The zero-order chi connectivity index (χ0) is 10.8. The Morgan fingerprint density at radius 3 is 2.47 bits per heavy atom. The Labute approximate surface area is 87.3 Å². The molecule has 6 heteroatoms. The zero-order valence-electron chi connectivity index (χ0n) is 8.27. The minimum atomic E-state index is -1.58. The van der Waals surface area contributed by atoms with Gasteiger partial charge in [-0.1, -0.05) is 6.07 Å². The van der Waals surface area contributed by atoms with Crippen LogP contribution in [0.25, 0.3) is 0 Å². The number of fused-ring (bicyclic) bond motifs is 1. The Balaban J connectivity index is 2.52. The van der Waals surface area contributed by atoms with Gasteiger partial charge >= 0.3 is 7.12 Å². The number of hydrogen-bond acceptors (Lipinski definition) is 5. The van der Waals surface area contributed by atoms with Crippen molar-refractivity contribution < 1.29 is 24.3 Å². The lowest BCUT2D eigenvalue weighted by molar-refractivity contribution is 0.166. The molecule has 1 aliphatic rings. The molecule has 0 unspecified atom stereocenters. The van der Waals surface area contributed by atoms with Crippen LogP contribution in [0.3, 0.4) is 0 Å². The number of methoxy groups -OCH3 is 1. The molecule has 80 valence electrons. The summed E-state index contributed by atoms with van der Waals surface area (Å²) in [6.07, 6.45) is 0. The van der Waals surface area contributed by atoms with E-state index in [2.05, 4.69) is 0 Å². The summed E-state index contributed by atoms with van der Waals surface area (Å²) in [5.41, 5.74) is 0.283. The fraction of sp³-hybridized carbons (Fsp3) is 0.333. The van der Waals surface area contributed by atoms with Crippen LogP contribution < -0.4 is 19.7 Å². The molecule has 2 rings (SSSR count). The third-order valence-electron chi connectivity index (χ3n) is 2.18. The number of rotatable bonds is 2. The molecule has 0 aromatic heterocycles. The van der Waals surface area contributed by atoms with E-state index in [4.69, 9.17) is 24.3 Å². The van der Waals surface area contributed by atoms with Crippen molar-refractivity contribution in [1.29, 1.82) is 0 Å². The summed E-state index contributed by atoms with van der Waals surface area (Å²) in [4.78, 5) is 0. The fourth-order valence-corrected chi connectivity index (χ4v) is 1.50. The lowest BCUT2D eigenvalue weighted by Crippen LogP contribution is -2.34. The molecule has 0 spiro atoms. The second-order valence-corrected chi connectivity index (χ2v) is 3.09. The van der Waals surface area contributed by atoms with Crippen molar-refractivity contribution in [3.63, 3.8) is 0 Å². The highest BCUT2D eigenvalue weighted by molar-refractivity contribution is 6.59. The maximum absolute atomic E-state index is 9.12. The number of benzene rings is 1. The SMILES string of the molecule is COc1ccc(B(O)O)c2c1OCCO2. The van der Waals surface area contributed by atoms with Crippen molar-refractivity contribution in [3.8, 4) is 17.2 Å². The van der Waals surface area contributed by atoms with E-state index in [1.54, 1.807) is 6.07 Å². The molecule has 0 amide bonds. The van der Waals surface area contributed by atoms with Gasteiger partial charge in [-0.3, -0.25) is 0 Å². The van der Waals surface area contributed by atoms with Gasteiger partial charge in [0.15, 0.2) is 11.5 Å². The molecule has 1 aromatic carbocycles. The molecule has 0 saturated heterocycles. The summed E-state index contributed by atoms with van der Waals surface area (Å²) >= 11 is 0. The van der Waals surface area contributed by atoms with Gasteiger partial charge in [0.25, 0.3) is 0 Å². The van der Waals surface area contributed by atoms with Gasteiger partial charge in [-0.15, -0.1) is 0 Å². The summed E-state index contributed by atoms with van der Waals surface area (Å²) in [6, 6.07) is 3.15. The van der Waals surface area contributed by atoms with Gasteiger partial charge < -0.3 is 24.3 Å². The van der Waals surface area contributed by atoms with E-state index in [-0.39, 0.29) is 5.46 Å². The van der Waals surface area contributed by atoms with Crippen molar-refractivity contribution in [1.82, 2.24) is 0 Å². The van der Waals surface area contributed by atoms with E-state index in [0.29, 0.717) is 30.5 Å².